The van der Waals surface area contributed by atoms with Gasteiger partial charge in [0.05, 0.1) is 10.6 Å². The Hall–Kier alpha value is -1.88. The van der Waals surface area contributed by atoms with E-state index in [1.165, 1.54) is 0 Å². The van der Waals surface area contributed by atoms with Gasteiger partial charge < -0.3 is 10.8 Å². The number of fused-ring (bicyclic) bond motifs is 1. The van der Waals surface area contributed by atoms with Crippen LogP contribution in [-0.4, -0.2) is 31.0 Å². The molecule has 2 rings (SSSR count). The summed E-state index contributed by atoms with van der Waals surface area (Å²) in [4.78, 5) is -1.18. The third-order valence-electron chi connectivity index (χ3n) is 2.65. The van der Waals surface area contributed by atoms with Gasteiger partial charge in [0.1, 0.15) is 10.6 Å². The van der Waals surface area contributed by atoms with Crippen molar-refractivity contribution in [2.24, 2.45) is 0 Å². The molecule has 2 aromatic carbocycles. The van der Waals surface area contributed by atoms with E-state index in [0.717, 1.165) is 24.3 Å². The molecular weight excluding hydrogens is 310 g/mol. The third kappa shape index (κ3) is 2.41. The first-order chi connectivity index (χ1) is 9.01. The Bertz CT molecular complexity index is 916. The summed E-state index contributed by atoms with van der Waals surface area (Å²) in [6.07, 6.45) is 0. The maximum absolute atomic E-state index is 11.1. The molecule has 0 fully saturated rings. The zero-order valence-electron chi connectivity index (χ0n) is 9.68. The number of hydrogen-bond donors (Lipinski definition) is 4. The molecule has 0 amide bonds. The number of hydrogen-bond acceptors (Lipinski definition) is 6. The Balaban J connectivity index is 2.93. The Labute approximate surface area is 114 Å². The number of aromatic hydroxyl groups is 1. The summed E-state index contributed by atoms with van der Waals surface area (Å²) in [5, 5.41) is 9.69. The molecule has 0 heterocycles. The summed E-state index contributed by atoms with van der Waals surface area (Å²) >= 11 is 0. The molecule has 0 saturated carbocycles. The maximum Gasteiger partial charge on any atom is 0.296 e. The second kappa shape index (κ2) is 4.31. The van der Waals surface area contributed by atoms with E-state index < -0.39 is 41.5 Å². The van der Waals surface area contributed by atoms with Gasteiger partial charge in [-0.3, -0.25) is 9.11 Å². The SMILES string of the molecule is Nc1c(S(=O)(=O)O)ccc2cc(S(=O)(=O)O)cc(O)c12. The van der Waals surface area contributed by atoms with Crippen LogP contribution in [0.25, 0.3) is 10.8 Å². The van der Waals surface area contributed by atoms with Crippen molar-refractivity contribution >= 4 is 36.7 Å². The van der Waals surface area contributed by atoms with Crippen LogP contribution in [0.3, 0.4) is 0 Å². The highest BCUT2D eigenvalue weighted by molar-refractivity contribution is 7.86. The smallest absolute Gasteiger partial charge is 0.296 e. The molecule has 20 heavy (non-hydrogen) atoms. The fraction of sp³-hybridized carbons (Fsp3) is 0. The lowest BCUT2D eigenvalue weighted by Crippen LogP contribution is -2.04. The van der Waals surface area contributed by atoms with E-state index in [-0.39, 0.29) is 10.8 Å². The molecule has 0 atom stereocenters. The highest BCUT2D eigenvalue weighted by atomic mass is 32.2. The number of nitrogen functional groups attached to an aromatic ring is 1. The van der Waals surface area contributed by atoms with E-state index in [2.05, 4.69) is 0 Å². The van der Waals surface area contributed by atoms with Crippen molar-refractivity contribution in [3.63, 3.8) is 0 Å². The molecule has 2 aromatic rings. The van der Waals surface area contributed by atoms with Crippen LogP contribution in [0.1, 0.15) is 0 Å². The fourth-order valence-corrected chi connectivity index (χ4v) is 2.96. The van der Waals surface area contributed by atoms with Gasteiger partial charge in [-0.25, -0.2) is 0 Å². The zero-order chi connectivity index (χ0) is 15.3. The molecule has 0 bridgehead atoms. The molecule has 0 unspecified atom stereocenters. The van der Waals surface area contributed by atoms with E-state index in [4.69, 9.17) is 14.8 Å². The number of phenolic OH excluding ortho intramolecular Hbond substituents is 1. The Morgan fingerprint density at radius 1 is 0.950 bits per heavy atom. The lowest BCUT2D eigenvalue weighted by atomic mass is 10.1. The zero-order valence-corrected chi connectivity index (χ0v) is 11.3. The fourth-order valence-electron chi connectivity index (χ4n) is 1.80. The van der Waals surface area contributed by atoms with Gasteiger partial charge >= 0.3 is 0 Å². The quantitative estimate of drug-likeness (QED) is 0.463. The first-order valence-electron chi connectivity index (χ1n) is 5.02. The highest BCUT2D eigenvalue weighted by Gasteiger charge is 2.20. The predicted octanol–water partition coefficient (Wildman–Crippen LogP) is 0.621. The Morgan fingerprint density at radius 2 is 1.55 bits per heavy atom. The summed E-state index contributed by atoms with van der Waals surface area (Å²) in [7, 11) is -9.12. The second-order valence-corrected chi connectivity index (χ2v) is 6.78. The minimum Gasteiger partial charge on any atom is -0.507 e. The van der Waals surface area contributed by atoms with Crippen LogP contribution < -0.4 is 5.73 Å². The van der Waals surface area contributed by atoms with Crippen molar-refractivity contribution < 1.29 is 31.0 Å². The van der Waals surface area contributed by atoms with Gasteiger partial charge in [-0.1, -0.05) is 6.07 Å². The van der Waals surface area contributed by atoms with Crippen LogP contribution >= 0.6 is 0 Å². The maximum atomic E-state index is 11.1. The number of anilines is 1. The average Bonchev–Trinajstić information content (AvgIpc) is 2.25. The topological polar surface area (TPSA) is 155 Å². The number of phenols is 1. The van der Waals surface area contributed by atoms with Gasteiger partial charge in [-0.15, -0.1) is 0 Å². The lowest BCUT2D eigenvalue weighted by Gasteiger charge is -2.09. The molecule has 0 radical (unpaired) electrons. The second-order valence-electron chi connectivity index (χ2n) is 3.97. The molecule has 0 aromatic heterocycles. The van der Waals surface area contributed by atoms with Crippen LogP contribution in [-0.2, 0) is 20.2 Å². The van der Waals surface area contributed by atoms with E-state index in [0.29, 0.717) is 0 Å². The third-order valence-corrected chi connectivity index (χ3v) is 4.39. The largest absolute Gasteiger partial charge is 0.507 e. The molecule has 0 spiro atoms. The van der Waals surface area contributed by atoms with Crippen molar-refractivity contribution in [3.05, 3.63) is 24.3 Å². The molecule has 0 saturated heterocycles. The van der Waals surface area contributed by atoms with Crippen molar-refractivity contribution in [1.29, 1.82) is 0 Å². The minimum atomic E-state index is -4.58. The van der Waals surface area contributed by atoms with Crippen LogP contribution in [0.4, 0.5) is 5.69 Å². The van der Waals surface area contributed by atoms with Crippen LogP contribution in [0.2, 0.25) is 0 Å². The van der Waals surface area contributed by atoms with Gasteiger partial charge in [0.25, 0.3) is 20.2 Å². The Morgan fingerprint density at radius 3 is 2.05 bits per heavy atom. The monoisotopic (exact) mass is 319 g/mol. The Kier molecular flexibility index (Phi) is 3.13. The van der Waals surface area contributed by atoms with Crippen molar-refractivity contribution in [1.82, 2.24) is 0 Å². The van der Waals surface area contributed by atoms with Crippen LogP contribution in [0, 0.1) is 0 Å². The number of rotatable bonds is 2. The van der Waals surface area contributed by atoms with Gasteiger partial charge in [-0.2, -0.15) is 16.8 Å². The van der Waals surface area contributed by atoms with Gasteiger partial charge in [-0.05, 0) is 17.5 Å². The van der Waals surface area contributed by atoms with E-state index in [1.807, 2.05) is 0 Å². The number of nitrogens with two attached hydrogens (primary N) is 1. The van der Waals surface area contributed by atoms with Crippen LogP contribution in [0.5, 0.6) is 5.75 Å². The average molecular weight is 319 g/mol. The molecule has 5 N–H and O–H groups in total. The van der Waals surface area contributed by atoms with Crippen molar-refractivity contribution in [2.75, 3.05) is 5.73 Å². The summed E-state index contributed by atoms with van der Waals surface area (Å²) < 4.78 is 62.1. The van der Waals surface area contributed by atoms with Crippen molar-refractivity contribution in [2.45, 2.75) is 9.79 Å². The summed E-state index contributed by atoms with van der Waals surface area (Å²) in [5.41, 5.74) is 5.13. The predicted molar refractivity (Wildman–Crippen MR) is 69.7 cm³/mol. The molecule has 108 valence electrons. The molecule has 0 aliphatic heterocycles. The molecule has 8 nitrogen and oxygen atoms in total. The first kappa shape index (κ1) is 14.5. The molecule has 10 heteroatoms. The summed E-state index contributed by atoms with van der Waals surface area (Å²) in [6.45, 7) is 0. The summed E-state index contributed by atoms with van der Waals surface area (Å²) in [6, 6.07) is 3.83. The number of benzene rings is 2. The lowest BCUT2D eigenvalue weighted by molar-refractivity contribution is 0.470. The standard InChI is InChI=1S/C10H9NO7S2/c11-10-8(20(16,17)18)2-1-5-3-6(19(13,14)15)4-7(12)9(5)10/h1-4,12H,11H2,(H,13,14,15)(H,16,17,18). The van der Waals surface area contributed by atoms with Gasteiger partial charge in [0.15, 0.2) is 0 Å². The van der Waals surface area contributed by atoms with E-state index in [1.54, 1.807) is 0 Å². The van der Waals surface area contributed by atoms with Crippen molar-refractivity contribution in [3.8, 4) is 5.75 Å². The normalized spacial score (nSPS) is 12.7. The molecular formula is C10H9NO7S2. The van der Waals surface area contributed by atoms with Crippen LogP contribution in [0.15, 0.2) is 34.1 Å². The first-order valence-corrected chi connectivity index (χ1v) is 7.90. The van der Waals surface area contributed by atoms with E-state index >= 15 is 0 Å². The highest BCUT2D eigenvalue weighted by Crippen LogP contribution is 2.36. The van der Waals surface area contributed by atoms with E-state index in [9.17, 15) is 21.9 Å². The van der Waals surface area contributed by atoms with Gasteiger partial charge in [0, 0.05) is 11.5 Å². The molecule has 0 aliphatic carbocycles. The minimum absolute atomic E-state index is 0.0857. The molecule has 0 aliphatic rings. The van der Waals surface area contributed by atoms with Gasteiger partial charge in [0.2, 0.25) is 0 Å². The summed E-state index contributed by atoms with van der Waals surface area (Å²) in [5.74, 6) is -0.641.